The summed E-state index contributed by atoms with van der Waals surface area (Å²) in [5, 5.41) is 6.20. The standard InChI is InChI=1S/C16H18Cl2N2O3/c1-4-23-15(21)12-13(8(2)3)19-16(22)20-14(12)9-5-6-10(17)11(18)7-9/h5-8,14H,4H2,1-3H3,(H2,19,20,22). The van der Waals surface area contributed by atoms with Crippen molar-refractivity contribution in [3.05, 3.63) is 45.1 Å². The van der Waals surface area contributed by atoms with Gasteiger partial charge in [-0.1, -0.05) is 43.1 Å². The minimum atomic E-state index is -0.644. The van der Waals surface area contributed by atoms with Gasteiger partial charge < -0.3 is 15.4 Å². The van der Waals surface area contributed by atoms with E-state index in [0.717, 1.165) is 0 Å². The van der Waals surface area contributed by atoms with E-state index in [1.165, 1.54) is 0 Å². The van der Waals surface area contributed by atoms with Crippen LogP contribution in [-0.4, -0.2) is 18.6 Å². The maximum absolute atomic E-state index is 12.4. The lowest BCUT2D eigenvalue weighted by molar-refractivity contribution is -0.139. The van der Waals surface area contributed by atoms with Crippen LogP contribution in [0.2, 0.25) is 10.0 Å². The predicted octanol–water partition coefficient (Wildman–Crippen LogP) is 3.82. The molecule has 0 saturated heterocycles. The van der Waals surface area contributed by atoms with Crippen LogP contribution >= 0.6 is 23.2 Å². The lowest BCUT2D eigenvalue weighted by Gasteiger charge is -2.31. The van der Waals surface area contributed by atoms with E-state index in [1.54, 1.807) is 25.1 Å². The number of carbonyl (C=O) groups is 2. The summed E-state index contributed by atoms with van der Waals surface area (Å²) in [7, 11) is 0. The minimum Gasteiger partial charge on any atom is -0.463 e. The molecular formula is C16H18Cl2N2O3. The van der Waals surface area contributed by atoms with E-state index in [0.29, 0.717) is 26.9 Å². The molecule has 0 radical (unpaired) electrons. The number of hydrogen-bond acceptors (Lipinski definition) is 3. The van der Waals surface area contributed by atoms with Gasteiger partial charge in [0.05, 0.1) is 28.3 Å². The Morgan fingerprint density at radius 1 is 1.30 bits per heavy atom. The number of allylic oxidation sites excluding steroid dienone is 1. The molecule has 1 aliphatic heterocycles. The minimum absolute atomic E-state index is 0.0503. The monoisotopic (exact) mass is 356 g/mol. The highest BCUT2D eigenvalue weighted by Gasteiger charge is 2.34. The summed E-state index contributed by atoms with van der Waals surface area (Å²) < 4.78 is 5.16. The molecule has 5 nitrogen and oxygen atoms in total. The number of rotatable bonds is 4. The zero-order chi connectivity index (χ0) is 17.1. The van der Waals surface area contributed by atoms with Gasteiger partial charge in [0.25, 0.3) is 0 Å². The van der Waals surface area contributed by atoms with Gasteiger partial charge >= 0.3 is 12.0 Å². The Hall–Kier alpha value is -1.72. The Morgan fingerprint density at radius 3 is 2.57 bits per heavy atom. The first kappa shape index (κ1) is 17.6. The molecule has 2 N–H and O–H groups in total. The normalized spacial score (nSPS) is 17.8. The number of nitrogens with one attached hydrogen (secondary N) is 2. The Labute approximate surface area is 145 Å². The molecule has 124 valence electrons. The molecule has 1 aromatic rings. The fourth-order valence-electron chi connectivity index (χ4n) is 2.42. The van der Waals surface area contributed by atoms with Crippen molar-refractivity contribution in [1.82, 2.24) is 10.6 Å². The van der Waals surface area contributed by atoms with E-state index in [4.69, 9.17) is 27.9 Å². The molecule has 0 aliphatic carbocycles. The van der Waals surface area contributed by atoms with Crippen molar-refractivity contribution in [2.24, 2.45) is 5.92 Å². The van der Waals surface area contributed by atoms with Gasteiger partial charge in [0.1, 0.15) is 0 Å². The summed E-state index contributed by atoms with van der Waals surface area (Å²) in [5.41, 5.74) is 1.58. The zero-order valence-electron chi connectivity index (χ0n) is 13.1. The molecule has 1 aliphatic rings. The van der Waals surface area contributed by atoms with E-state index >= 15 is 0 Å². The molecule has 7 heteroatoms. The van der Waals surface area contributed by atoms with Gasteiger partial charge in [-0.05, 0) is 30.5 Å². The molecule has 0 spiro atoms. The Balaban J connectivity index is 2.56. The smallest absolute Gasteiger partial charge is 0.338 e. The number of hydrogen-bond donors (Lipinski definition) is 2. The predicted molar refractivity (Wildman–Crippen MR) is 89.4 cm³/mol. The quantitative estimate of drug-likeness (QED) is 0.805. The maximum atomic E-state index is 12.4. The van der Waals surface area contributed by atoms with Crippen LogP contribution < -0.4 is 10.6 Å². The van der Waals surface area contributed by atoms with Crippen LogP contribution in [-0.2, 0) is 9.53 Å². The highest BCUT2D eigenvalue weighted by molar-refractivity contribution is 6.42. The van der Waals surface area contributed by atoms with Crippen molar-refractivity contribution in [3.8, 4) is 0 Å². The van der Waals surface area contributed by atoms with Gasteiger partial charge in [-0.2, -0.15) is 0 Å². The molecule has 2 amide bonds. The molecule has 1 heterocycles. The van der Waals surface area contributed by atoms with Crippen molar-refractivity contribution < 1.29 is 14.3 Å². The molecule has 0 fully saturated rings. The third kappa shape index (κ3) is 3.79. The van der Waals surface area contributed by atoms with Crippen molar-refractivity contribution in [3.63, 3.8) is 0 Å². The van der Waals surface area contributed by atoms with Gasteiger partial charge in [-0.25, -0.2) is 9.59 Å². The van der Waals surface area contributed by atoms with Crippen LogP contribution in [0.4, 0.5) is 4.79 Å². The lowest BCUT2D eigenvalue weighted by Crippen LogP contribution is -2.47. The number of carbonyl (C=O) groups excluding carboxylic acids is 2. The SMILES string of the molecule is CCOC(=O)C1=C(C(C)C)NC(=O)NC1c1ccc(Cl)c(Cl)c1. The largest absolute Gasteiger partial charge is 0.463 e. The fourth-order valence-corrected chi connectivity index (χ4v) is 2.72. The van der Waals surface area contributed by atoms with Gasteiger partial charge in [-0.15, -0.1) is 0 Å². The highest BCUT2D eigenvalue weighted by atomic mass is 35.5. The van der Waals surface area contributed by atoms with Crippen molar-refractivity contribution in [2.45, 2.75) is 26.8 Å². The van der Waals surface area contributed by atoms with Gasteiger partial charge in [-0.3, -0.25) is 0 Å². The fraction of sp³-hybridized carbons (Fsp3) is 0.375. The van der Waals surface area contributed by atoms with Crippen LogP contribution in [0.5, 0.6) is 0 Å². The van der Waals surface area contributed by atoms with Crippen LogP contribution in [0, 0.1) is 5.92 Å². The first-order chi connectivity index (χ1) is 10.8. The highest BCUT2D eigenvalue weighted by Crippen LogP contribution is 2.33. The molecule has 0 bridgehead atoms. The van der Waals surface area contributed by atoms with Crippen LogP contribution in [0.25, 0.3) is 0 Å². The second-order valence-corrected chi connectivity index (χ2v) is 6.22. The molecular weight excluding hydrogens is 339 g/mol. The van der Waals surface area contributed by atoms with Gasteiger partial charge in [0, 0.05) is 5.70 Å². The van der Waals surface area contributed by atoms with Crippen LogP contribution in [0.3, 0.4) is 0 Å². The zero-order valence-corrected chi connectivity index (χ0v) is 14.6. The number of esters is 1. The summed E-state index contributed by atoms with van der Waals surface area (Å²) in [4.78, 5) is 24.4. The summed E-state index contributed by atoms with van der Waals surface area (Å²) in [6.07, 6.45) is 0. The topological polar surface area (TPSA) is 67.4 Å². The summed E-state index contributed by atoms with van der Waals surface area (Å²) in [6, 6.07) is 3.97. The van der Waals surface area contributed by atoms with Crippen molar-refractivity contribution in [2.75, 3.05) is 6.61 Å². The summed E-state index contributed by atoms with van der Waals surface area (Å²) in [6.45, 7) is 5.77. The van der Waals surface area contributed by atoms with Crippen molar-refractivity contribution in [1.29, 1.82) is 0 Å². The van der Waals surface area contributed by atoms with Crippen LogP contribution in [0.15, 0.2) is 29.5 Å². The van der Waals surface area contributed by atoms with E-state index in [9.17, 15) is 9.59 Å². The van der Waals surface area contributed by atoms with E-state index in [2.05, 4.69) is 10.6 Å². The van der Waals surface area contributed by atoms with Gasteiger partial charge in [0.15, 0.2) is 0 Å². The third-order valence-electron chi connectivity index (χ3n) is 3.45. The average Bonchev–Trinajstić information content (AvgIpc) is 2.49. The number of amides is 2. The Morgan fingerprint density at radius 2 is 2.00 bits per heavy atom. The first-order valence-corrected chi connectivity index (χ1v) is 8.04. The number of benzene rings is 1. The number of ether oxygens (including phenoxy) is 1. The van der Waals surface area contributed by atoms with Gasteiger partial charge in [0.2, 0.25) is 0 Å². The Bertz CT molecular complexity index is 671. The average molecular weight is 357 g/mol. The summed E-state index contributed by atoms with van der Waals surface area (Å²) >= 11 is 12.0. The first-order valence-electron chi connectivity index (χ1n) is 7.28. The molecule has 23 heavy (non-hydrogen) atoms. The molecule has 2 rings (SSSR count). The van der Waals surface area contributed by atoms with Crippen LogP contribution in [0.1, 0.15) is 32.4 Å². The van der Waals surface area contributed by atoms with E-state index < -0.39 is 12.0 Å². The molecule has 0 saturated carbocycles. The molecule has 1 aromatic carbocycles. The molecule has 1 unspecified atom stereocenters. The molecule has 0 aromatic heterocycles. The number of urea groups is 1. The Kier molecular flexibility index (Phi) is 5.55. The second-order valence-electron chi connectivity index (χ2n) is 5.41. The maximum Gasteiger partial charge on any atom is 0.338 e. The van der Waals surface area contributed by atoms with E-state index in [-0.39, 0.29) is 18.6 Å². The second kappa shape index (κ2) is 7.23. The van der Waals surface area contributed by atoms with E-state index in [1.807, 2.05) is 13.8 Å². The number of halogens is 2. The molecule has 1 atom stereocenters. The van der Waals surface area contributed by atoms with Crippen molar-refractivity contribution >= 4 is 35.2 Å². The third-order valence-corrected chi connectivity index (χ3v) is 4.19. The summed E-state index contributed by atoms with van der Waals surface area (Å²) in [5.74, 6) is -0.523. The lowest BCUT2D eigenvalue weighted by atomic mass is 9.91.